The molecule has 0 saturated heterocycles. The molecule has 2 aromatic carbocycles. The van der Waals surface area contributed by atoms with Gasteiger partial charge in [0.1, 0.15) is 0 Å². The molecule has 0 aliphatic carbocycles. The van der Waals surface area contributed by atoms with Crippen molar-refractivity contribution in [1.29, 1.82) is 0 Å². The molecule has 3 atom stereocenters. The molecule has 10 heteroatoms. The van der Waals surface area contributed by atoms with Gasteiger partial charge in [0.15, 0.2) is 0 Å². The monoisotopic (exact) mass is 659 g/mol. The van der Waals surface area contributed by atoms with Crippen molar-refractivity contribution in [3.05, 3.63) is 51.1 Å². The second kappa shape index (κ2) is 9.08. The molecular weight excluding hydrogens is 635 g/mol. The number of hydrogen-bond donors (Lipinski definition) is 0. The zero-order valence-electron chi connectivity index (χ0n) is 19.5. The van der Waals surface area contributed by atoms with Gasteiger partial charge in [0, 0.05) is 0 Å². The number of nitrogens with zero attached hydrogens (tertiary/aromatic N) is 1. The van der Waals surface area contributed by atoms with Gasteiger partial charge in [0.05, 0.1) is 14.2 Å². The molecule has 0 fully saturated rings. The second-order valence-corrected chi connectivity index (χ2v) is 12.4. The van der Waals surface area contributed by atoms with Crippen LogP contribution in [0.25, 0.3) is 6.08 Å². The predicted molar refractivity (Wildman–Crippen MR) is 125 cm³/mol. The van der Waals surface area contributed by atoms with Gasteiger partial charge in [-0.05, 0) is 0 Å². The van der Waals surface area contributed by atoms with E-state index in [9.17, 15) is 14.9 Å². The number of nitro benzene ring substituents is 1. The molecule has 0 aromatic heterocycles. The van der Waals surface area contributed by atoms with E-state index in [0.717, 1.165) is 0 Å². The van der Waals surface area contributed by atoms with Crippen molar-refractivity contribution in [3.63, 3.8) is 0 Å². The second-order valence-electron chi connectivity index (χ2n) is 7.94. The summed E-state index contributed by atoms with van der Waals surface area (Å²) in [5.41, 5.74) is 0.701. The third kappa shape index (κ3) is 3.89. The Morgan fingerprint density at radius 1 is 1.15 bits per heavy atom. The maximum atomic E-state index is 13.7. The van der Waals surface area contributed by atoms with Crippen LogP contribution in [0.15, 0.2) is 24.3 Å². The Hall–Kier alpha value is -2.83. The molecule has 0 bridgehead atoms. The Balaban J connectivity index is 0.00000133. The van der Waals surface area contributed by atoms with E-state index in [0.29, 0.717) is 59.9 Å². The molecule has 2 aromatic rings. The van der Waals surface area contributed by atoms with Gasteiger partial charge in [0.2, 0.25) is 0 Å². The molecule has 34 heavy (non-hydrogen) atoms. The van der Waals surface area contributed by atoms with Crippen LogP contribution in [-0.4, -0.2) is 66.6 Å². The Morgan fingerprint density at radius 3 is 2.47 bits per heavy atom. The number of rotatable bonds is 3. The van der Waals surface area contributed by atoms with Gasteiger partial charge in [-0.1, -0.05) is 13.8 Å². The quantitative estimate of drug-likeness (QED) is 0.277. The fourth-order valence-electron chi connectivity index (χ4n) is 4.34. The van der Waals surface area contributed by atoms with Gasteiger partial charge >= 0.3 is 181 Å². The minimum atomic E-state index is -0.776. The normalized spacial score (nSPS) is 23.2. The average Bonchev–Trinajstić information content (AvgIpc) is 2.82. The van der Waals surface area contributed by atoms with Gasteiger partial charge in [-0.3, -0.25) is 0 Å². The number of hydrogen-bond acceptors (Lipinski definition) is 8. The molecule has 0 radical (unpaired) electrons. The maximum absolute atomic E-state index is 13.7. The first-order valence-electron chi connectivity index (χ1n) is 10.9. The molecular formula is C24H24NO8Tl. The van der Waals surface area contributed by atoms with Crippen molar-refractivity contribution < 1.29 is 33.4 Å². The summed E-state index contributed by atoms with van der Waals surface area (Å²) in [6, 6.07) is 4.64. The Bertz CT molecular complexity index is 1210. The zero-order chi connectivity index (χ0) is 24.8. The van der Waals surface area contributed by atoms with Crippen LogP contribution in [-0.2, 0) is 0 Å². The number of nitro groups is 1. The Morgan fingerprint density at radius 2 is 1.82 bits per heavy atom. The van der Waals surface area contributed by atoms with Crippen molar-refractivity contribution in [2.24, 2.45) is 0 Å². The molecule has 1 unspecified atom stereocenters. The van der Waals surface area contributed by atoms with E-state index in [4.69, 9.17) is 23.7 Å². The summed E-state index contributed by atoms with van der Waals surface area (Å²) in [5.74, 6) is 0.697. The van der Waals surface area contributed by atoms with E-state index < -0.39 is 25.9 Å². The first-order valence-corrected chi connectivity index (χ1v) is 13.1. The summed E-state index contributed by atoms with van der Waals surface area (Å²) in [7, 11) is 3.00. The minimum absolute atomic E-state index is 0.0507. The fourth-order valence-corrected chi connectivity index (χ4v) is 5.20. The number of ether oxygens (including phenoxy) is 5. The van der Waals surface area contributed by atoms with E-state index in [2.05, 4.69) is 0 Å². The van der Waals surface area contributed by atoms with E-state index in [1.807, 2.05) is 32.9 Å². The number of Topliss-reactive ketones (excluding diaryl/α,β-unsaturated/α-hetero) is 1. The van der Waals surface area contributed by atoms with Crippen molar-refractivity contribution in [1.82, 2.24) is 0 Å². The van der Waals surface area contributed by atoms with Gasteiger partial charge < -0.3 is 4.74 Å². The molecule has 0 N–H and O–H groups in total. The van der Waals surface area contributed by atoms with Crippen molar-refractivity contribution >= 4 is 43.3 Å². The Labute approximate surface area is 212 Å². The van der Waals surface area contributed by atoms with Crippen LogP contribution in [0.4, 0.5) is 5.69 Å². The summed E-state index contributed by atoms with van der Waals surface area (Å²) >= 11 is 0.453. The number of methoxy groups -OCH3 is 2. The van der Waals surface area contributed by atoms with Crippen LogP contribution in [0.3, 0.4) is 0 Å². The Kier molecular flexibility index (Phi) is 6.49. The fraction of sp³-hybridized carbons (Fsp3) is 0.375. The van der Waals surface area contributed by atoms with E-state index in [-0.39, 0.29) is 23.6 Å². The summed E-state index contributed by atoms with van der Waals surface area (Å²) < 4.78 is 28.3. The molecule has 5 rings (SSSR count). The molecule has 0 spiro atoms. The van der Waals surface area contributed by atoms with Crippen LogP contribution < -0.4 is 23.7 Å². The first-order chi connectivity index (χ1) is 16.2. The van der Waals surface area contributed by atoms with Crippen molar-refractivity contribution in [2.75, 3.05) is 20.8 Å². The molecule has 3 heterocycles. The zero-order valence-corrected chi connectivity index (χ0v) is 24.0. The SMILES string of the molecule is CC.COc1cc2c(cc1OC)[C@@H]1C(=O)c3c([N+](=O)[O-])cc4c(c3O[C@@H]1CO2)C=C[C](C)([Tl])O4. The van der Waals surface area contributed by atoms with Crippen LogP contribution in [0, 0.1) is 10.1 Å². The van der Waals surface area contributed by atoms with Gasteiger partial charge in [-0.25, -0.2) is 0 Å². The third-order valence-corrected chi connectivity index (χ3v) is 7.00. The molecule has 0 saturated carbocycles. The summed E-state index contributed by atoms with van der Waals surface area (Å²) in [4.78, 5) is 25.1. The number of carbonyl (C=O) groups excluding carboxylic acids is 1. The first kappa shape index (κ1) is 24.3. The molecule has 3 aliphatic rings. The van der Waals surface area contributed by atoms with E-state index in [1.165, 1.54) is 20.3 Å². The van der Waals surface area contributed by atoms with E-state index >= 15 is 0 Å². The predicted octanol–water partition coefficient (Wildman–Crippen LogP) is 4.05. The third-order valence-electron chi connectivity index (χ3n) is 5.79. The summed E-state index contributed by atoms with van der Waals surface area (Å²) in [6.45, 7) is 6.03. The summed E-state index contributed by atoms with van der Waals surface area (Å²) in [6.07, 6.45) is 3.07. The molecule has 9 nitrogen and oxygen atoms in total. The van der Waals surface area contributed by atoms with Crippen LogP contribution in [0.5, 0.6) is 28.7 Å². The van der Waals surface area contributed by atoms with Crippen LogP contribution >= 0.6 is 0 Å². The number of carbonyl (C=O) groups is 1. The van der Waals surface area contributed by atoms with Gasteiger partial charge in [-0.2, -0.15) is 0 Å². The number of ketones is 1. The standard InChI is InChI=1S/C22H18NO8.C2H6.Tl/c1-10-4-5-11-15(30-10)7-13(23(25)26)20-21(24)19-12-6-16(27-2)17(28-3)8-14(12)29-9-18(19)31-22(11)20;1-2;/h4-8,18-19H,9H2,1-3H3;1-2H3;/t18-,19+;;/m1../s1. The van der Waals surface area contributed by atoms with Crippen LogP contribution in [0.1, 0.15) is 48.2 Å². The summed E-state index contributed by atoms with van der Waals surface area (Å²) in [5, 5.41) is 11.9. The van der Waals surface area contributed by atoms with Gasteiger partial charge in [-0.15, -0.1) is 0 Å². The van der Waals surface area contributed by atoms with Crippen LogP contribution in [0.2, 0.25) is 0 Å². The topological polar surface area (TPSA) is 106 Å². The molecule has 3 aliphatic heterocycles. The van der Waals surface area contributed by atoms with Crippen molar-refractivity contribution in [2.45, 2.75) is 36.0 Å². The average molecular weight is 659 g/mol. The number of benzene rings is 2. The van der Waals surface area contributed by atoms with E-state index in [1.54, 1.807) is 12.1 Å². The molecule has 176 valence electrons. The van der Waals surface area contributed by atoms with Gasteiger partial charge in [0.25, 0.3) is 0 Å². The van der Waals surface area contributed by atoms with Crippen molar-refractivity contribution in [3.8, 4) is 28.7 Å². The number of fused-ring (bicyclic) bond motifs is 6. The molecule has 0 amide bonds.